The van der Waals surface area contributed by atoms with E-state index in [1.807, 2.05) is 6.20 Å². The van der Waals surface area contributed by atoms with E-state index in [2.05, 4.69) is 39.5 Å². The first kappa shape index (κ1) is 15.1. The summed E-state index contributed by atoms with van der Waals surface area (Å²) in [7, 11) is 3.40. The van der Waals surface area contributed by atoms with Gasteiger partial charge in [0.15, 0.2) is 0 Å². The maximum atomic E-state index is 12.1. The summed E-state index contributed by atoms with van der Waals surface area (Å²) in [5.74, 6) is 0.384. The number of carbonyl (C=O) groups excluding carboxylic acids is 1. The molecule has 1 aliphatic rings. The fourth-order valence-corrected chi connectivity index (χ4v) is 3.48. The molecule has 5 nitrogen and oxygen atoms in total. The first-order valence-electron chi connectivity index (χ1n) is 7.70. The van der Waals surface area contributed by atoms with Crippen molar-refractivity contribution < 1.29 is 9.53 Å². The van der Waals surface area contributed by atoms with Crippen LogP contribution in [0.3, 0.4) is 0 Å². The topological polar surface area (TPSA) is 57.4 Å². The number of nitrogens with one attached hydrogen (secondary N) is 2. The van der Waals surface area contributed by atoms with Crippen molar-refractivity contribution in [3.8, 4) is 0 Å². The molecule has 1 aromatic carbocycles. The fourth-order valence-electron chi connectivity index (χ4n) is 3.48. The third-order valence-corrected chi connectivity index (χ3v) is 4.56. The van der Waals surface area contributed by atoms with E-state index < -0.39 is 0 Å². The van der Waals surface area contributed by atoms with Crippen molar-refractivity contribution in [2.24, 2.45) is 11.8 Å². The summed E-state index contributed by atoms with van der Waals surface area (Å²) in [6.07, 6.45) is 1.97. The van der Waals surface area contributed by atoms with E-state index in [1.54, 1.807) is 14.2 Å². The molecular formula is C17H23N3O2. The van der Waals surface area contributed by atoms with E-state index >= 15 is 0 Å². The molecule has 0 aliphatic carbocycles. The number of hydrogen-bond acceptors (Lipinski definition) is 3. The van der Waals surface area contributed by atoms with E-state index in [0.717, 1.165) is 25.2 Å². The minimum absolute atomic E-state index is 0.00961. The molecule has 2 heterocycles. The van der Waals surface area contributed by atoms with Gasteiger partial charge in [-0.15, -0.1) is 0 Å². The summed E-state index contributed by atoms with van der Waals surface area (Å²) < 4.78 is 5.30. The molecule has 1 aromatic heterocycles. The fraction of sp³-hybridized carbons (Fsp3) is 0.471. The van der Waals surface area contributed by atoms with Gasteiger partial charge in [-0.25, -0.2) is 0 Å². The Morgan fingerprint density at radius 3 is 3.05 bits per heavy atom. The molecule has 0 saturated carbocycles. The third-order valence-electron chi connectivity index (χ3n) is 4.56. The van der Waals surface area contributed by atoms with Crippen LogP contribution in [0.4, 0.5) is 0 Å². The predicted octanol–water partition coefficient (Wildman–Crippen LogP) is 1.61. The van der Waals surface area contributed by atoms with Crippen molar-refractivity contribution in [2.45, 2.75) is 6.54 Å². The van der Waals surface area contributed by atoms with Gasteiger partial charge in [0.1, 0.15) is 0 Å². The van der Waals surface area contributed by atoms with E-state index in [4.69, 9.17) is 4.74 Å². The molecule has 1 fully saturated rings. The molecule has 118 valence electrons. The molecule has 5 heteroatoms. The number of H-pyrrole nitrogens is 1. The van der Waals surface area contributed by atoms with Crippen LogP contribution < -0.4 is 5.32 Å². The highest BCUT2D eigenvalue weighted by molar-refractivity contribution is 5.83. The predicted molar refractivity (Wildman–Crippen MR) is 86.5 cm³/mol. The third kappa shape index (κ3) is 2.87. The number of fused-ring (bicyclic) bond motifs is 1. The van der Waals surface area contributed by atoms with E-state index in [1.165, 1.54) is 10.9 Å². The van der Waals surface area contributed by atoms with Gasteiger partial charge in [-0.1, -0.05) is 12.1 Å². The Hall–Kier alpha value is -1.85. The van der Waals surface area contributed by atoms with Gasteiger partial charge in [0.2, 0.25) is 5.91 Å². The molecule has 3 rings (SSSR count). The zero-order chi connectivity index (χ0) is 15.5. The molecule has 2 atom stereocenters. The van der Waals surface area contributed by atoms with Crippen molar-refractivity contribution in [1.29, 1.82) is 0 Å². The molecule has 1 saturated heterocycles. The quantitative estimate of drug-likeness (QED) is 0.882. The summed E-state index contributed by atoms with van der Waals surface area (Å²) in [6, 6.07) is 8.44. The van der Waals surface area contributed by atoms with Crippen LogP contribution in [0, 0.1) is 11.8 Å². The smallest absolute Gasteiger partial charge is 0.224 e. The Labute approximate surface area is 130 Å². The average Bonchev–Trinajstić information content (AvgIpc) is 3.14. The molecule has 2 N–H and O–H groups in total. The number of carbonyl (C=O) groups is 1. The molecule has 0 spiro atoms. The van der Waals surface area contributed by atoms with Crippen molar-refractivity contribution in [2.75, 3.05) is 33.9 Å². The Morgan fingerprint density at radius 1 is 1.41 bits per heavy atom. The highest BCUT2D eigenvalue weighted by Crippen LogP contribution is 2.27. The second-order valence-corrected chi connectivity index (χ2v) is 5.99. The number of amides is 1. The monoisotopic (exact) mass is 301 g/mol. The maximum Gasteiger partial charge on any atom is 0.224 e. The van der Waals surface area contributed by atoms with Crippen LogP contribution in [-0.2, 0) is 16.1 Å². The minimum atomic E-state index is 0.00961. The summed E-state index contributed by atoms with van der Waals surface area (Å²) in [5.41, 5.74) is 2.46. The standard InChI is InChI=1S/C17H23N3O2/c1-18-17(21)15-10-20(9-13(15)11-22-2)8-12-4-3-5-16-14(12)6-7-19-16/h3-7,13,15,19H,8-11H2,1-2H3,(H,18,21)/t13-,15+/m0/s1. The van der Waals surface area contributed by atoms with Crippen LogP contribution in [-0.4, -0.2) is 49.6 Å². The maximum absolute atomic E-state index is 12.1. The van der Waals surface area contributed by atoms with Gasteiger partial charge in [0.05, 0.1) is 12.5 Å². The first-order valence-corrected chi connectivity index (χ1v) is 7.70. The minimum Gasteiger partial charge on any atom is -0.384 e. The van der Waals surface area contributed by atoms with Crippen LogP contribution in [0.15, 0.2) is 30.5 Å². The van der Waals surface area contributed by atoms with Crippen molar-refractivity contribution in [3.63, 3.8) is 0 Å². The molecule has 22 heavy (non-hydrogen) atoms. The second kappa shape index (κ2) is 6.50. The van der Waals surface area contributed by atoms with Gasteiger partial charge in [-0.05, 0) is 17.7 Å². The highest BCUT2D eigenvalue weighted by Gasteiger charge is 2.37. The number of ether oxygens (including phenoxy) is 1. The van der Waals surface area contributed by atoms with Crippen LogP contribution in [0.2, 0.25) is 0 Å². The molecule has 0 radical (unpaired) electrons. The number of rotatable bonds is 5. The van der Waals surface area contributed by atoms with Gasteiger partial charge in [0.25, 0.3) is 0 Å². The SMILES string of the molecule is CNC(=O)[C@@H]1CN(Cc2cccc3[nH]ccc23)C[C@H]1COC. The summed E-state index contributed by atoms with van der Waals surface area (Å²) in [5, 5.41) is 4.04. The number of benzene rings is 1. The zero-order valence-corrected chi connectivity index (χ0v) is 13.1. The Balaban J connectivity index is 1.76. The lowest BCUT2D eigenvalue weighted by molar-refractivity contribution is -0.125. The lowest BCUT2D eigenvalue weighted by Crippen LogP contribution is -2.34. The molecule has 2 aromatic rings. The number of aromatic amines is 1. The second-order valence-electron chi connectivity index (χ2n) is 5.99. The normalized spacial score (nSPS) is 22.3. The van der Waals surface area contributed by atoms with Gasteiger partial charge in [0, 0.05) is 56.8 Å². The number of aromatic nitrogens is 1. The lowest BCUT2D eigenvalue weighted by Gasteiger charge is -2.16. The molecule has 1 amide bonds. The Bertz CT molecular complexity index is 652. The highest BCUT2D eigenvalue weighted by atomic mass is 16.5. The Kier molecular flexibility index (Phi) is 4.45. The average molecular weight is 301 g/mol. The van der Waals surface area contributed by atoms with Crippen LogP contribution >= 0.6 is 0 Å². The first-order chi connectivity index (χ1) is 10.7. The van der Waals surface area contributed by atoms with Gasteiger partial charge < -0.3 is 15.0 Å². The molecule has 1 aliphatic heterocycles. The van der Waals surface area contributed by atoms with E-state index in [0.29, 0.717) is 6.61 Å². The summed E-state index contributed by atoms with van der Waals surface area (Å²) in [6.45, 7) is 3.17. The largest absolute Gasteiger partial charge is 0.384 e. The van der Waals surface area contributed by atoms with Crippen LogP contribution in [0.5, 0.6) is 0 Å². The molecule has 0 unspecified atom stereocenters. The number of nitrogens with zero attached hydrogens (tertiary/aromatic N) is 1. The van der Waals surface area contributed by atoms with Gasteiger partial charge in [-0.3, -0.25) is 9.69 Å². The van der Waals surface area contributed by atoms with Crippen molar-refractivity contribution >= 4 is 16.8 Å². The van der Waals surface area contributed by atoms with E-state index in [-0.39, 0.29) is 17.7 Å². The van der Waals surface area contributed by atoms with Crippen LogP contribution in [0.25, 0.3) is 10.9 Å². The molecule has 0 bridgehead atoms. The van der Waals surface area contributed by atoms with Crippen molar-refractivity contribution in [1.82, 2.24) is 15.2 Å². The number of likely N-dealkylation sites (tertiary alicyclic amines) is 1. The number of hydrogen-bond donors (Lipinski definition) is 2. The number of methoxy groups -OCH3 is 1. The van der Waals surface area contributed by atoms with E-state index in [9.17, 15) is 4.79 Å². The zero-order valence-electron chi connectivity index (χ0n) is 13.1. The van der Waals surface area contributed by atoms with Gasteiger partial charge >= 0.3 is 0 Å². The molecular weight excluding hydrogens is 278 g/mol. The lowest BCUT2D eigenvalue weighted by atomic mass is 9.96. The Morgan fingerprint density at radius 2 is 2.27 bits per heavy atom. The summed E-state index contributed by atoms with van der Waals surface area (Å²) in [4.78, 5) is 17.7. The summed E-state index contributed by atoms with van der Waals surface area (Å²) >= 11 is 0. The van der Waals surface area contributed by atoms with Gasteiger partial charge in [-0.2, -0.15) is 0 Å². The van der Waals surface area contributed by atoms with Crippen molar-refractivity contribution in [3.05, 3.63) is 36.0 Å². The van der Waals surface area contributed by atoms with Crippen LogP contribution in [0.1, 0.15) is 5.56 Å².